The third-order valence-electron chi connectivity index (χ3n) is 6.79. The number of nitrogens with zero attached hydrogens (tertiary/aromatic N) is 2. The molecule has 8 nitrogen and oxygen atoms in total. The minimum absolute atomic E-state index is 0.0692. The number of nitrogens with one attached hydrogen (secondary N) is 1. The lowest BCUT2D eigenvalue weighted by Gasteiger charge is -2.32. The molecule has 0 aliphatic carbocycles. The quantitative estimate of drug-likeness (QED) is 0.208. The molecule has 1 atom stereocenters. The highest BCUT2D eigenvalue weighted by atomic mass is 79.9. The normalized spacial score (nSPS) is 12.0. The van der Waals surface area contributed by atoms with Crippen molar-refractivity contribution in [3.8, 4) is 5.75 Å². The summed E-state index contributed by atoms with van der Waals surface area (Å²) in [5.41, 5.74) is 2.32. The molecule has 0 fully saturated rings. The number of halogens is 1. The first-order valence-corrected chi connectivity index (χ1v) is 17.2. The van der Waals surface area contributed by atoms with Crippen molar-refractivity contribution in [3.05, 3.63) is 94.5 Å². The summed E-state index contributed by atoms with van der Waals surface area (Å²) in [7, 11) is -3.60. The van der Waals surface area contributed by atoms with E-state index in [0.29, 0.717) is 31.0 Å². The molecule has 2 amide bonds. The van der Waals surface area contributed by atoms with E-state index in [0.717, 1.165) is 21.9 Å². The van der Waals surface area contributed by atoms with Crippen LogP contribution in [0.1, 0.15) is 44.7 Å². The van der Waals surface area contributed by atoms with Gasteiger partial charge in [-0.25, -0.2) is 8.42 Å². The molecule has 0 saturated carbocycles. The van der Waals surface area contributed by atoms with E-state index in [2.05, 4.69) is 21.2 Å². The Morgan fingerprint density at radius 1 is 0.953 bits per heavy atom. The molecule has 0 unspecified atom stereocenters. The Kier molecular flexibility index (Phi) is 13.1. The van der Waals surface area contributed by atoms with Crippen LogP contribution < -0.4 is 14.4 Å². The molecule has 0 spiro atoms. The summed E-state index contributed by atoms with van der Waals surface area (Å²) < 4.78 is 33.0. The fourth-order valence-corrected chi connectivity index (χ4v) is 6.10. The van der Waals surface area contributed by atoms with E-state index in [-0.39, 0.29) is 43.7 Å². The first-order chi connectivity index (χ1) is 20.5. The van der Waals surface area contributed by atoms with Crippen LogP contribution in [0, 0.1) is 5.92 Å². The van der Waals surface area contributed by atoms with Gasteiger partial charge in [0.05, 0.1) is 18.6 Å². The largest absolute Gasteiger partial charge is 0.494 e. The van der Waals surface area contributed by atoms with E-state index < -0.39 is 16.1 Å². The van der Waals surface area contributed by atoms with Gasteiger partial charge in [-0.05, 0) is 66.8 Å². The number of ether oxygens (including phenoxy) is 1. The van der Waals surface area contributed by atoms with Crippen LogP contribution in [-0.4, -0.2) is 57.1 Å². The highest BCUT2D eigenvalue weighted by molar-refractivity contribution is 9.10. The van der Waals surface area contributed by atoms with Gasteiger partial charge in [0.2, 0.25) is 21.8 Å². The third kappa shape index (κ3) is 11.0. The molecular formula is C33H42BrN3O5S. The molecule has 3 rings (SSSR count). The van der Waals surface area contributed by atoms with Crippen LogP contribution in [0.2, 0.25) is 0 Å². The van der Waals surface area contributed by atoms with Crippen molar-refractivity contribution in [3.63, 3.8) is 0 Å². The van der Waals surface area contributed by atoms with Crippen LogP contribution >= 0.6 is 15.9 Å². The van der Waals surface area contributed by atoms with Gasteiger partial charge in [0.15, 0.2) is 0 Å². The first kappa shape index (κ1) is 34.1. The van der Waals surface area contributed by atoms with E-state index in [1.165, 1.54) is 4.31 Å². The Labute approximate surface area is 264 Å². The van der Waals surface area contributed by atoms with E-state index in [4.69, 9.17) is 4.74 Å². The summed E-state index contributed by atoms with van der Waals surface area (Å²) in [6, 6.07) is 23.4. The van der Waals surface area contributed by atoms with Crippen molar-refractivity contribution in [2.24, 2.45) is 5.92 Å². The van der Waals surface area contributed by atoms with Crippen LogP contribution in [0.15, 0.2) is 83.3 Å². The van der Waals surface area contributed by atoms with Gasteiger partial charge < -0.3 is 15.0 Å². The van der Waals surface area contributed by atoms with Gasteiger partial charge in [-0.3, -0.25) is 13.9 Å². The van der Waals surface area contributed by atoms with Crippen molar-refractivity contribution in [2.45, 2.75) is 52.6 Å². The Morgan fingerprint density at radius 2 is 1.63 bits per heavy atom. The SMILES string of the molecule is CCOc1ccc(N(CCCC(=O)N(Cc2cccc(Br)c2)[C@H](Cc2ccccc2)C(=O)NCC(C)C)S(C)(=O)=O)cc1. The average molecular weight is 673 g/mol. The Hall–Kier alpha value is -3.37. The zero-order valence-electron chi connectivity index (χ0n) is 25.3. The van der Waals surface area contributed by atoms with Crippen molar-refractivity contribution in [2.75, 3.05) is 30.3 Å². The molecule has 0 aliphatic rings. The van der Waals surface area contributed by atoms with Gasteiger partial charge in [0.25, 0.3) is 0 Å². The lowest BCUT2D eigenvalue weighted by Crippen LogP contribution is -2.51. The summed E-state index contributed by atoms with van der Waals surface area (Å²) in [5, 5.41) is 3.02. The summed E-state index contributed by atoms with van der Waals surface area (Å²) in [4.78, 5) is 29.2. The standard InChI is InChI=1S/C33H42BrN3O5S/c1-5-42-30-18-16-29(17-19-30)37(43(4,40)41)20-10-15-32(38)36(24-27-13-9-14-28(34)21-27)31(33(39)35-23-25(2)3)22-26-11-7-6-8-12-26/h6-9,11-14,16-19,21,25,31H,5,10,15,20,22-24H2,1-4H3,(H,35,39)/t31-/m1/s1. The predicted octanol–water partition coefficient (Wildman–Crippen LogP) is 5.81. The maximum atomic E-state index is 13.9. The number of anilines is 1. The molecule has 10 heteroatoms. The molecule has 232 valence electrons. The number of hydrogen-bond donors (Lipinski definition) is 1. The van der Waals surface area contributed by atoms with Crippen LogP contribution in [0.4, 0.5) is 5.69 Å². The van der Waals surface area contributed by atoms with Gasteiger partial charge in [-0.1, -0.05) is 72.2 Å². The molecule has 43 heavy (non-hydrogen) atoms. The highest BCUT2D eigenvalue weighted by Gasteiger charge is 2.30. The van der Waals surface area contributed by atoms with Crippen LogP contribution in [0.3, 0.4) is 0 Å². The van der Waals surface area contributed by atoms with Gasteiger partial charge in [-0.2, -0.15) is 0 Å². The zero-order valence-corrected chi connectivity index (χ0v) is 27.7. The molecule has 3 aromatic rings. The second-order valence-corrected chi connectivity index (χ2v) is 13.7. The lowest BCUT2D eigenvalue weighted by molar-refractivity contribution is -0.141. The second-order valence-electron chi connectivity index (χ2n) is 10.9. The summed E-state index contributed by atoms with van der Waals surface area (Å²) in [5.74, 6) is 0.465. The number of rotatable bonds is 16. The molecule has 0 aromatic heterocycles. The summed E-state index contributed by atoms with van der Waals surface area (Å²) >= 11 is 3.51. The van der Waals surface area contributed by atoms with Crippen molar-refractivity contribution < 1.29 is 22.7 Å². The van der Waals surface area contributed by atoms with E-state index in [1.807, 2.05) is 75.4 Å². The van der Waals surface area contributed by atoms with E-state index >= 15 is 0 Å². The molecule has 0 heterocycles. The maximum absolute atomic E-state index is 13.9. The second kappa shape index (κ2) is 16.5. The van der Waals surface area contributed by atoms with Crippen molar-refractivity contribution in [1.82, 2.24) is 10.2 Å². The Morgan fingerprint density at radius 3 is 2.23 bits per heavy atom. The fourth-order valence-electron chi connectivity index (χ4n) is 4.69. The minimum atomic E-state index is -3.60. The predicted molar refractivity (Wildman–Crippen MR) is 176 cm³/mol. The highest BCUT2D eigenvalue weighted by Crippen LogP contribution is 2.23. The number of hydrogen-bond acceptors (Lipinski definition) is 5. The molecule has 0 aliphatic heterocycles. The maximum Gasteiger partial charge on any atom is 0.243 e. The van der Waals surface area contributed by atoms with Gasteiger partial charge in [0, 0.05) is 36.9 Å². The van der Waals surface area contributed by atoms with Gasteiger partial charge in [-0.15, -0.1) is 0 Å². The minimum Gasteiger partial charge on any atom is -0.494 e. The van der Waals surface area contributed by atoms with Crippen LogP contribution in [-0.2, 0) is 32.6 Å². The number of amides is 2. The van der Waals surface area contributed by atoms with Crippen molar-refractivity contribution >= 4 is 43.5 Å². The number of sulfonamides is 1. The molecule has 0 saturated heterocycles. The fraction of sp³-hybridized carbons (Fsp3) is 0.394. The smallest absolute Gasteiger partial charge is 0.243 e. The molecular weight excluding hydrogens is 630 g/mol. The number of benzene rings is 3. The summed E-state index contributed by atoms with van der Waals surface area (Å²) in [6.45, 7) is 7.28. The van der Waals surface area contributed by atoms with E-state index in [1.54, 1.807) is 29.2 Å². The molecule has 0 radical (unpaired) electrons. The monoisotopic (exact) mass is 671 g/mol. The lowest BCUT2D eigenvalue weighted by atomic mass is 10.0. The Balaban J connectivity index is 1.86. The topological polar surface area (TPSA) is 96.0 Å². The summed E-state index contributed by atoms with van der Waals surface area (Å²) in [6.07, 6.45) is 1.85. The van der Waals surface area contributed by atoms with E-state index in [9.17, 15) is 18.0 Å². The number of carbonyl (C=O) groups is 2. The first-order valence-electron chi connectivity index (χ1n) is 14.5. The van der Waals surface area contributed by atoms with Gasteiger partial charge >= 0.3 is 0 Å². The average Bonchev–Trinajstić information content (AvgIpc) is 2.96. The number of carbonyl (C=O) groups excluding carboxylic acids is 2. The van der Waals surface area contributed by atoms with Crippen LogP contribution in [0.5, 0.6) is 5.75 Å². The molecule has 1 N–H and O–H groups in total. The van der Waals surface area contributed by atoms with Gasteiger partial charge in [0.1, 0.15) is 11.8 Å². The Bertz CT molecular complexity index is 1430. The molecule has 3 aromatic carbocycles. The van der Waals surface area contributed by atoms with Crippen LogP contribution in [0.25, 0.3) is 0 Å². The molecule has 0 bridgehead atoms. The third-order valence-corrected chi connectivity index (χ3v) is 8.47. The zero-order chi connectivity index (χ0) is 31.4. The van der Waals surface area contributed by atoms with Crippen molar-refractivity contribution in [1.29, 1.82) is 0 Å².